The Kier molecular flexibility index (Phi) is 3.34. The first kappa shape index (κ1) is 13.6. The number of pyridine rings is 1. The summed E-state index contributed by atoms with van der Waals surface area (Å²) in [5.74, 6) is 0.0792. The van der Waals surface area contributed by atoms with Crippen LogP contribution in [0.5, 0.6) is 0 Å². The largest absolute Gasteiger partial charge is 0.334 e. The molecule has 3 rings (SSSR count). The summed E-state index contributed by atoms with van der Waals surface area (Å²) in [7, 11) is 1.85. The van der Waals surface area contributed by atoms with Gasteiger partial charge >= 0.3 is 0 Å². The Morgan fingerprint density at radius 3 is 3.00 bits per heavy atom. The number of carbonyl (C=O) groups is 2. The molecule has 0 saturated carbocycles. The van der Waals surface area contributed by atoms with Crippen LogP contribution in [0, 0.1) is 0 Å². The van der Waals surface area contributed by atoms with E-state index in [1.165, 1.54) is 0 Å². The molecular formula is C14H17N5O2. The fourth-order valence-corrected chi connectivity index (χ4v) is 2.57. The number of imide groups is 1. The van der Waals surface area contributed by atoms with E-state index in [9.17, 15) is 9.59 Å². The molecule has 1 saturated heterocycles. The molecule has 1 aliphatic heterocycles. The number of carbonyl (C=O) groups excluding carboxylic acids is 2. The summed E-state index contributed by atoms with van der Waals surface area (Å²) in [6.45, 7) is 2.50. The van der Waals surface area contributed by atoms with Crippen molar-refractivity contribution in [3.63, 3.8) is 0 Å². The lowest BCUT2D eigenvalue weighted by Crippen LogP contribution is -2.57. The molecule has 0 spiro atoms. The second-order valence-electron chi connectivity index (χ2n) is 5.06. The van der Waals surface area contributed by atoms with Crippen molar-refractivity contribution >= 4 is 23.3 Å². The second-order valence-corrected chi connectivity index (χ2v) is 5.06. The Labute approximate surface area is 122 Å². The highest BCUT2D eigenvalue weighted by Crippen LogP contribution is 2.24. The fourth-order valence-electron chi connectivity index (χ4n) is 2.57. The highest BCUT2D eigenvalue weighted by Gasteiger charge is 2.33. The highest BCUT2D eigenvalue weighted by atomic mass is 16.2. The highest BCUT2D eigenvalue weighted by molar-refractivity contribution is 6.04. The molecule has 21 heavy (non-hydrogen) atoms. The number of fused-ring (bicyclic) bond motifs is 1. The lowest BCUT2D eigenvalue weighted by atomic mass is 10.2. The molecule has 0 aromatic carbocycles. The van der Waals surface area contributed by atoms with Crippen molar-refractivity contribution in [3.05, 3.63) is 30.1 Å². The minimum Gasteiger partial charge on any atom is -0.334 e. The van der Waals surface area contributed by atoms with Crippen LogP contribution in [0.2, 0.25) is 0 Å². The molecule has 0 bridgehead atoms. The Bertz CT molecular complexity index is 708. The zero-order valence-corrected chi connectivity index (χ0v) is 12.0. The van der Waals surface area contributed by atoms with Crippen LogP contribution < -0.4 is 15.5 Å². The maximum Gasteiger partial charge on any atom is 0.249 e. The summed E-state index contributed by atoms with van der Waals surface area (Å²) in [5.41, 5.74) is 1.73. The SMILES string of the molecule is CNCc1c(N2CC(=O)NC(=O)C2C)nc2ccccn12. The van der Waals surface area contributed by atoms with Crippen molar-refractivity contribution in [2.45, 2.75) is 19.5 Å². The van der Waals surface area contributed by atoms with E-state index >= 15 is 0 Å². The molecule has 7 heteroatoms. The molecule has 1 aliphatic rings. The monoisotopic (exact) mass is 287 g/mol. The predicted octanol–water partition coefficient (Wildman–Crippen LogP) is -0.0950. The number of imidazole rings is 1. The lowest BCUT2D eigenvalue weighted by Gasteiger charge is -2.32. The number of hydrogen-bond donors (Lipinski definition) is 2. The standard InChI is InChI=1S/C14H17N5O2/c1-9-14(21)17-12(20)8-19(9)13-10(7-15-2)18-6-4-3-5-11(18)16-13/h3-6,9,15H,7-8H2,1-2H3,(H,17,20,21). The minimum atomic E-state index is -0.428. The number of nitrogens with one attached hydrogen (secondary N) is 2. The van der Waals surface area contributed by atoms with Crippen LogP contribution in [0.4, 0.5) is 5.82 Å². The molecule has 1 unspecified atom stereocenters. The maximum absolute atomic E-state index is 11.8. The van der Waals surface area contributed by atoms with Gasteiger partial charge in [0.05, 0.1) is 12.2 Å². The smallest absolute Gasteiger partial charge is 0.249 e. The van der Waals surface area contributed by atoms with E-state index in [2.05, 4.69) is 15.6 Å². The van der Waals surface area contributed by atoms with Gasteiger partial charge in [-0.2, -0.15) is 0 Å². The zero-order chi connectivity index (χ0) is 15.0. The van der Waals surface area contributed by atoms with Crippen LogP contribution >= 0.6 is 0 Å². The molecule has 2 N–H and O–H groups in total. The molecule has 2 aromatic rings. The molecule has 0 aliphatic carbocycles. The Morgan fingerprint density at radius 1 is 1.43 bits per heavy atom. The quantitative estimate of drug-likeness (QED) is 0.771. The van der Waals surface area contributed by atoms with Gasteiger partial charge in [0.1, 0.15) is 11.7 Å². The number of rotatable bonds is 3. The summed E-state index contributed by atoms with van der Waals surface area (Å²) in [4.78, 5) is 29.9. The third-order valence-electron chi connectivity index (χ3n) is 3.65. The maximum atomic E-state index is 11.8. The second kappa shape index (κ2) is 5.17. The van der Waals surface area contributed by atoms with E-state index < -0.39 is 6.04 Å². The molecule has 2 amide bonds. The van der Waals surface area contributed by atoms with Gasteiger partial charge in [-0.15, -0.1) is 0 Å². The predicted molar refractivity (Wildman–Crippen MR) is 77.9 cm³/mol. The van der Waals surface area contributed by atoms with Gasteiger partial charge in [0.25, 0.3) is 0 Å². The van der Waals surface area contributed by atoms with Crippen LogP contribution in [0.15, 0.2) is 24.4 Å². The van der Waals surface area contributed by atoms with Crippen LogP contribution in [-0.2, 0) is 16.1 Å². The first-order valence-electron chi connectivity index (χ1n) is 6.82. The van der Waals surface area contributed by atoms with E-state index in [4.69, 9.17) is 0 Å². The number of piperazine rings is 1. The van der Waals surface area contributed by atoms with Crippen LogP contribution in [0.25, 0.3) is 5.65 Å². The Hall–Kier alpha value is -2.41. The van der Waals surface area contributed by atoms with Crippen molar-refractivity contribution in [2.75, 3.05) is 18.5 Å². The lowest BCUT2D eigenvalue weighted by molar-refractivity contribution is -0.132. The molecule has 2 aromatic heterocycles. The van der Waals surface area contributed by atoms with Crippen molar-refractivity contribution in [3.8, 4) is 0 Å². The normalized spacial score (nSPS) is 19.1. The third kappa shape index (κ3) is 2.25. The topological polar surface area (TPSA) is 78.7 Å². The molecule has 0 radical (unpaired) electrons. The molecule has 1 fully saturated rings. The van der Waals surface area contributed by atoms with Gasteiger partial charge in [0, 0.05) is 12.7 Å². The van der Waals surface area contributed by atoms with Crippen LogP contribution in [0.1, 0.15) is 12.6 Å². The first-order valence-corrected chi connectivity index (χ1v) is 6.82. The van der Waals surface area contributed by atoms with Gasteiger partial charge in [-0.3, -0.25) is 14.9 Å². The first-order chi connectivity index (χ1) is 10.1. The van der Waals surface area contributed by atoms with E-state index in [0.717, 1.165) is 11.3 Å². The average Bonchev–Trinajstić information content (AvgIpc) is 2.82. The Balaban J connectivity index is 2.12. The van der Waals surface area contributed by atoms with Crippen LogP contribution in [0.3, 0.4) is 0 Å². The third-order valence-corrected chi connectivity index (χ3v) is 3.65. The van der Waals surface area contributed by atoms with Crippen molar-refractivity contribution in [2.24, 2.45) is 0 Å². The summed E-state index contributed by atoms with van der Waals surface area (Å²) in [6, 6.07) is 5.31. The van der Waals surface area contributed by atoms with Gasteiger partial charge < -0.3 is 14.6 Å². The van der Waals surface area contributed by atoms with Gasteiger partial charge in [-0.1, -0.05) is 6.07 Å². The summed E-state index contributed by atoms with van der Waals surface area (Å²) in [5, 5.41) is 5.45. The average molecular weight is 287 g/mol. The molecule has 110 valence electrons. The number of amides is 2. The van der Waals surface area contributed by atoms with Crippen LogP contribution in [-0.4, -0.2) is 40.8 Å². The van der Waals surface area contributed by atoms with E-state index in [1.54, 1.807) is 11.8 Å². The summed E-state index contributed by atoms with van der Waals surface area (Å²) in [6.07, 6.45) is 1.93. The zero-order valence-electron chi connectivity index (χ0n) is 12.0. The van der Waals surface area contributed by atoms with E-state index in [1.807, 2.05) is 35.8 Å². The molecule has 7 nitrogen and oxygen atoms in total. The van der Waals surface area contributed by atoms with E-state index in [-0.39, 0.29) is 18.4 Å². The summed E-state index contributed by atoms with van der Waals surface area (Å²) >= 11 is 0. The van der Waals surface area contributed by atoms with Gasteiger partial charge in [-0.05, 0) is 26.1 Å². The molecule has 1 atom stereocenters. The molecular weight excluding hydrogens is 270 g/mol. The number of nitrogens with zero attached hydrogens (tertiary/aromatic N) is 3. The Morgan fingerprint density at radius 2 is 2.24 bits per heavy atom. The van der Waals surface area contributed by atoms with Crippen molar-refractivity contribution in [1.82, 2.24) is 20.0 Å². The summed E-state index contributed by atoms with van der Waals surface area (Å²) < 4.78 is 1.97. The number of anilines is 1. The van der Waals surface area contributed by atoms with Gasteiger partial charge in [-0.25, -0.2) is 4.98 Å². The van der Waals surface area contributed by atoms with Crippen molar-refractivity contribution in [1.29, 1.82) is 0 Å². The molecule has 3 heterocycles. The van der Waals surface area contributed by atoms with Gasteiger partial charge in [0.15, 0.2) is 5.82 Å². The van der Waals surface area contributed by atoms with E-state index in [0.29, 0.717) is 12.4 Å². The fraction of sp³-hybridized carbons (Fsp3) is 0.357. The number of hydrogen-bond acceptors (Lipinski definition) is 5. The minimum absolute atomic E-state index is 0.132. The van der Waals surface area contributed by atoms with Gasteiger partial charge in [0.2, 0.25) is 11.8 Å². The van der Waals surface area contributed by atoms with Crippen molar-refractivity contribution < 1.29 is 9.59 Å². The number of aromatic nitrogens is 2.